The van der Waals surface area contributed by atoms with Crippen molar-refractivity contribution in [1.29, 1.82) is 0 Å². The Kier molecular flexibility index (Phi) is 5.40. The predicted molar refractivity (Wildman–Crippen MR) is 119 cm³/mol. The van der Waals surface area contributed by atoms with Crippen molar-refractivity contribution in [3.63, 3.8) is 0 Å². The first-order valence-corrected chi connectivity index (χ1v) is 10.7. The molecule has 0 spiro atoms. The lowest BCUT2D eigenvalue weighted by atomic mass is 10.1. The average molecular weight is 466 g/mol. The van der Waals surface area contributed by atoms with Crippen LogP contribution in [0.4, 0.5) is 15.8 Å². The highest BCUT2D eigenvalue weighted by Gasteiger charge is 2.20. The number of hydrogen-bond donors (Lipinski definition) is 1. The van der Waals surface area contributed by atoms with Gasteiger partial charge >= 0.3 is 5.76 Å². The van der Waals surface area contributed by atoms with Crippen molar-refractivity contribution in [1.82, 2.24) is 19.3 Å². The summed E-state index contributed by atoms with van der Waals surface area (Å²) in [7, 11) is 0. The number of amides is 1. The van der Waals surface area contributed by atoms with Crippen molar-refractivity contribution in [3.8, 4) is 11.4 Å². The minimum absolute atomic E-state index is 0.00330. The Morgan fingerprint density at radius 2 is 2.03 bits per heavy atom. The molecule has 0 fully saturated rings. The normalized spacial score (nSPS) is 13.4. The van der Waals surface area contributed by atoms with Gasteiger partial charge in [0.05, 0.1) is 22.1 Å². The van der Waals surface area contributed by atoms with Gasteiger partial charge in [0.15, 0.2) is 11.4 Å². The summed E-state index contributed by atoms with van der Waals surface area (Å²) in [5, 5.41) is 21.9. The van der Waals surface area contributed by atoms with Crippen LogP contribution in [0.2, 0.25) is 0 Å². The third kappa shape index (κ3) is 3.93. The summed E-state index contributed by atoms with van der Waals surface area (Å²) in [6.45, 7) is 0.305. The minimum Gasteiger partial charge on any atom is -0.407 e. The molecule has 12 heteroatoms. The Morgan fingerprint density at radius 1 is 1.18 bits per heavy atom. The highest BCUT2D eigenvalue weighted by atomic mass is 19.1. The molecular formula is C22H19FN6O5. The Hall–Kier alpha value is -4.35. The van der Waals surface area contributed by atoms with E-state index >= 15 is 0 Å². The number of nitrogens with one attached hydrogen (secondary N) is 1. The second-order valence-corrected chi connectivity index (χ2v) is 8.01. The van der Waals surface area contributed by atoms with E-state index in [9.17, 15) is 24.1 Å². The molecule has 0 bridgehead atoms. The number of carbonyl (C=O) groups excluding carboxylic acids is 1. The Morgan fingerprint density at radius 3 is 2.85 bits per heavy atom. The molecule has 0 saturated carbocycles. The van der Waals surface area contributed by atoms with Crippen molar-refractivity contribution < 1.29 is 18.5 Å². The van der Waals surface area contributed by atoms with Crippen LogP contribution in [0.5, 0.6) is 0 Å². The number of aromatic nitrogens is 4. The van der Waals surface area contributed by atoms with Gasteiger partial charge in [-0.15, -0.1) is 10.2 Å². The molecule has 0 radical (unpaired) electrons. The lowest BCUT2D eigenvalue weighted by Gasteiger charge is -2.11. The standard InChI is InChI=1S/C22H19FN6O5/c23-16-7-5-13(10-15(16)21-26-25-19-4-2-1-3-9-27(19)21)24-20(30)12-28-17-8-6-14(29(32)33)11-18(17)34-22(28)31/h5-8,10-11H,1-4,9,12H2,(H,24,30). The van der Waals surface area contributed by atoms with Crippen LogP contribution >= 0.6 is 0 Å². The van der Waals surface area contributed by atoms with E-state index in [4.69, 9.17) is 4.42 Å². The molecule has 11 nitrogen and oxygen atoms in total. The second-order valence-electron chi connectivity index (χ2n) is 8.01. The zero-order chi connectivity index (χ0) is 23.8. The first-order chi connectivity index (χ1) is 16.4. The van der Waals surface area contributed by atoms with E-state index in [0.29, 0.717) is 18.1 Å². The number of halogens is 1. The number of aryl methyl sites for hydroxylation is 1. The smallest absolute Gasteiger partial charge is 0.407 e. The SMILES string of the molecule is O=C(Cn1c(=O)oc2cc([N+](=O)[O-])ccc21)Nc1ccc(F)c(-c2nnc3n2CCCCC3)c1. The maximum absolute atomic E-state index is 14.7. The summed E-state index contributed by atoms with van der Waals surface area (Å²) in [6, 6.07) is 7.82. The summed E-state index contributed by atoms with van der Waals surface area (Å²) in [4.78, 5) is 35.2. The number of anilines is 1. The Bertz CT molecular complexity index is 1490. The van der Waals surface area contributed by atoms with E-state index < -0.39 is 28.9 Å². The van der Waals surface area contributed by atoms with Crippen molar-refractivity contribution in [2.24, 2.45) is 0 Å². The third-order valence-electron chi connectivity index (χ3n) is 5.76. The first kappa shape index (κ1) is 21.5. The van der Waals surface area contributed by atoms with Crippen molar-refractivity contribution in [2.45, 2.75) is 38.8 Å². The zero-order valence-electron chi connectivity index (χ0n) is 17.9. The number of rotatable bonds is 5. The van der Waals surface area contributed by atoms with Crippen LogP contribution in [-0.4, -0.2) is 30.2 Å². The quantitative estimate of drug-likeness (QED) is 0.352. The molecule has 0 atom stereocenters. The lowest BCUT2D eigenvalue weighted by molar-refractivity contribution is -0.384. The third-order valence-corrected chi connectivity index (χ3v) is 5.76. The molecule has 5 rings (SSSR count). The fourth-order valence-corrected chi connectivity index (χ4v) is 4.12. The molecule has 174 valence electrons. The topological polar surface area (TPSA) is 138 Å². The molecule has 1 aliphatic heterocycles. The summed E-state index contributed by atoms with van der Waals surface area (Å²) < 4.78 is 22.7. The fraction of sp³-hybridized carbons (Fsp3) is 0.273. The van der Waals surface area contributed by atoms with Gasteiger partial charge in [-0.1, -0.05) is 6.42 Å². The number of nitrogens with zero attached hydrogens (tertiary/aromatic N) is 5. The van der Waals surface area contributed by atoms with Crippen LogP contribution < -0.4 is 11.1 Å². The molecule has 4 aromatic rings. The fourth-order valence-electron chi connectivity index (χ4n) is 4.12. The molecule has 3 heterocycles. The maximum atomic E-state index is 14.7. The van der Waals surface area contributed by atoms with Gasteiger partial charge in [-0.3, -0.25) is 19.5 Å². The van der Waals surface area contributed by atoms with Crippen molar-refractivity contribution >= 4 is 28.4 Å². The number of non-ortho nitro benzene ring substituents is 1. The number of benzene rings is 2. The molecule has 2 aromatic carbocycles. The van der Waals surface area contributed by atoms with E-state index in [2.05, 4.69) is 15.5 Å². The Balaban J connectivity index is 1.39. The molecule has 1 N–H and O–H groups in total. The molecule has 34 heavy (non-hydrogen) atoms. The lowest BCUT2D eigenvalue weighted by Crippen LogP contribution is -2.24. The summed E-state index contributed by atoms with van der Waals surface area (Å²) in [5.41, 5.74) is 0.559. The van der Waals surface area contributed by atoms with Gasteiger partial charge in [0.2, 0.25) is 5.91 Å². The summed E-state index contributed by atoms with van der Waals surface area (Å²) in [5.74, 6) is -0.648. The monoisotopic (exact) mass is 466 g/mol. The molecule has 0 aliphatic carbocycles. The van der Waals surface area contributed by atoms with E-state index in [-0.39, 0.29) is 22.4 Å². The van der Waals surface area contributed by atoms with E-state index in [1.807, 2.05) is 4.57 Å². The molecular weight excluding hydrogens is 447 g/mol. The van der Waals surface area contributed by atoms with Crippen LogP contribution in [0.25, 0.3) is 22.5 Å². The van der Waals surface area contributed by atoms with Crippen molar-refractivity contribution in [2.75, 3.05) is 5.32 Å². The molecule has 1 aliphatic rings. The highest BCUT2D eigenvalue weighted by Crippen LogP contribution is 2.27. The van der Waals surface area contributed by atoms with Gasteiger partial charge in [-0.25, -0.2) is 9.18 Å². The zero-order valence-corrected chi connectivity index (χ0v) is 17.9. The summed E-state index contributed by atoms with van der Waals surface area (Å²) in [6.07, 6.45) is 3.80. The van der Waals surface area contributed by atoms with Crippen LogP contribution in [0.3, 0.4) is 0 Å². The average Bonchev–Trinajstić information content (AvgIpc) is 3.25. The number of hydrogen-bond acceptors (Lipinski definition) is 7. The molecule has 0 unspecified atom stereocenters. The van der Waals surface area contributed by atoms with Gasteiger partial charge in [0, 0.05) is 24.7 Å². The molecule has 2 aromatic heterocycles. The van der Waals surface area contributed by atoms with Gasteiger partial charge < -0.3 is 14.3 Å². The minimum atomic E-state index is -0.823. The van der Waals surface area contributed by atoms with E-state index in [1.54, 1.807) is 0 Å². The number of fused-ring (bicyclic) bond motifs is 2. The largest absolute Gasteiger partial charge is 0.420 e. The number of oxazole rings is 1. The first-order valence-electron chi connectivity index (χ1n) is 10.7. The molecule has 0 saturated heterocycles. The van der Waals surface area contributed by atoms with Crippen molar-refractivity contribution in [3.05, 3.63) is 68.7 Å². The van der Waals surface area contributed by atoms with E-state index in [1.165, 1.54) is 30.3 Å². The second kappa shape index (κ2) is 8.54. The predicted octanol–water partition coefficient (Wildman–Crippen LogP) is 3.27. The Labute approximate surface area is 191 Å². The van der Waals surface area contributed by atoms with Gasteiger partial charge in [-0.05, 0) is 37.1 Å². The number of carbonyl (C=O) groups is 1. The summed E-state index contributed by atoms with van der Waals surface area (Å²) >= 11 is 0. The van der Waals surface area contributed by atoms with Gasteiger partial charge in [0.1, 0.15) is 18.2 Å². The van der Waals surface area contributed by atoms with Gasteiger partial charge in [0.25, 0.3) is 5.69 Å². The van der Waals surface area contributed by atoms with E-state index in [0.717, 1.165) is 42.1 Å². The van der Waals surface area contributed by atoms with Crippen LogP contribution in [0.15, 0.2) is 45.6 Å². The van der Waals surface area contributed by atoms with Gasteiger partial charge in [-0.2, -0.15) is 0 Å². The highest BCUT2D eigenvalue weighted by molar-refractivity contribution is 5.92. The maximum Gasteiger partial charge on any atom is 0.420 e. The van der Waals surface area contributed by atoms with Crippen LogP contribution in [0, 0.1) is 15.9 Å². The number of nitro benzene ring substituents is 1. The van der Waals surface area contributed by atoms with Crippen LogP contribution in [-0.2, 0) is 24.3 Å². The number of nitro groups is 1. The van der Waals surface area contributed by atoms with Crippen LogP contribution in [0.1, 0.15) is 25.1 Å². The molecule has 1 amide bonds.